The third-order valence-corrected chi connectivity index (χ3v) is 3.63. The molecule has 2 amide bonds. The van der Waals surface area contributed by atoms with Crippen molar-refractivity contribution in [1.82, 2.24) is 10.3 Å². The van der Waals surface area contributed by atoms with E-state index in [1.54, 1.807) is 18.2 Å². The van der Waals surface area contributed by atoms with Gasteiger partial charge in [0.2, 0.25) is 0 Å². The summed E-state index contributed by atoms with van der Waals surface area (Å²) in [5.74, 6) is -0.699. The molecule has 2 N–H and O–H groups in total. The Labute approximate surface area is 144 Å². The fourth-order valence-corrected chi connectivity index (χ4v) is 2.26. The van der Waals surface area contributed by atoms with Gasteiger partial charge in [-0.25, -0.2) is 4.98 Å². The summed E-state index contributed by atoms with van der Waals surface area (Å²) < 4.78 is 0. The second-order valence-electron chi connectivity index (χ2n) is 4.81. The lowest BCUT2D eigenvalue weighted by molar-refractivity contribution is 0.0954. The number of aromatic nitrogens is 1. The zero-order valence-corrected chi connectivity index (χ0v) is 14.1. The maximum Gasteiger partial charge on any atom is 0.275 e. The topological polar surface area (TPSA) is 71.1 Å². The SMILES string of the molecule is CCNC(=O)c1ccc(C)c(NC(=O)c2nc(Cl)ccc2Cl)c1. The fourth-order valence-electron chi connectivity index (χ4n) is 1.92. The number of hydrogen-bond acceptors (Lipinski definition) is 3. The van der Waals surface area contributed by atoms with E-state index >= 15 is 0 Å². The first kappa shape index (κ1) is 17.2. The summed E-state index contributed by atoms with van der Waals surface area (Å²) in [5, 5.41) is 5.79. The average Bonchev–Trinajstić information content (AvgIpc) is 2.52. The van der Waals surface area contributed by atoms with Crippen LogP contribution >= 0.6 is 23.2 Å². The molecule has 0 saturated carbocycles. The molecule has 2 aromatic rings. The molecule has 0 aliphatic heterocycles. The molecule has 5 nitrogen and oxygen atoms in total. The second-order valence-corrected chi connectivity index (χ2v) is 5.60. The van der Waals surface area contributed by atoms with Crippen LogP contribution < -0.4 is 10.6 Å². The van der Waals surface area contributed by atoms with Gasteiger partial charge in [-0.05, 0) is 43.7 Å². The Hall–Kier alpha value is -2.11. The molecule has 0 aliphatic carbocycles. The first-order valence-corrected chi connectivity index (χ1v) is 7.70. The molecular weight excluding hydrogens is 337 g/mol. The van der Waals surface area contributed by atoms with Crippen LogP contribution in [0.3, 0.4) is 0 Å². The quantitative estimate of drug-likeness (QED) is 0.825. The van der Waals surface area contributed by atoms with Crippen molar-refractivity contribution in [1.29, 1.82) is 0 Å². The van der Waals surface area contributed by atoms with E-state index in [4.69, 9.17) is 23.2 Å². The van der Waals surface area contributed by atoms with Crippen LogP contribution in [0.2, 0.25) is 10.2 Å². The van der Waals surface area contributed by atoms with Gasteiger partial charge in [0.05, 0.1) is 5.02 Å². The Morgan fingerprint density at radius 1 is 1.13 bits per heavy atom. The lowest BCUT2D eigenvalue weighted by atomic mass is 10.1. The number of halogens is 2. The van der Waals surface area contributed by atoms with Crippen molar-refractivity contribution in [2.45, 2.75) is 13.8 Å². The highest BCUT2D eigenvalue weighted by Gasteiger charge is 2.15. The third-order valence-electron chi connectivity index (χ3n) is 3.11. The molecule has 23 heavy (non-hydrogen) atoms. The second kappa shape index (κ2) is 7.44. The summed E-state index contributed by atoms with van der Waals surface area (Å²) in [4.78, 5) is 28.1. The van der Waals surface area contributed by atoms with Gasteiger partial charge in [0.1, 0.15) is 10.8 Å². The van der Waals surface area contributed by atoms with E-state index in [0.717, 1.165) is 5.56 Å². The van der Waals surface area contributed by atoms with Gasteiger partial charge >= 0.3 is 0 Å². The van der Waals surface area contributed by atoms with Crippen molar-refractivity contribution < 1.29 is 9.59 Å². The van der Waals surface area contributed by atoms with Crippen LogP contribution in [-0.4, -0.2) is 23.3 Å². The number of hydrogen-bond donors (Lipinski definition) is 2. The number of pyridine rings is 1. The van der Waals surface area contributed by atoms with Crippen LogP contribution in [0.25, 0.3) is 0 Å². The molecule has 7 heteroatoms. The van der Waals surface area contributed by atoms with Gasteiger partial charge in [-0.3, -0.25) is 9.59 Å². The van der Waals surface area contributed by atoms with Crippen molar-refractivity contribution in [3.63, 3.8) is 0 Å². The number of carbonyl (C=O) groups excluding carboxylic acids is 2. The molecule has 0 aliphatic rings. The minimum absolute atomic E-state index is 0.0296. The predicted molar refractivity (Wildman–Crippen MR) is 91.4 cm³/mol. The number of nitrogens with zero attached hydrogens (tertiary/aromatic N) is 1. The fraction of sp³-hybridized carbons (Fsp3) is 0.188. The Morgan fingerprint density at radius 3 is 2.57 bits per heavy atom. The number of rotatable bonds is 4. The van der Waals surface area contributed by atoms with Gasteiger partial charge in [0, 0.05) is 17.8 Å². The highest BCUT2D eigenvalue weighted by molar-refractivity contribution is 6.35. The number of benzene rings is 1. The van der Waals surface area contributed by atoms with Gasteiger partial charge in [-0.2, -0.15) is 0 Å². The minimum Gasteiger partial charge on any atom is -0.352 e. The Morgan fingerprint density at radius 2 is 1.87 bits per heavy atom. The molecule has 1 aromatic heterocycles. The van der Waals surface area contributed by atoms with Crippen molar-refractivity contribution >= 4 is 40.7 Å². The summed E-state index contributed by atoms with van der Waals surface area (Å²) >= 11 is 11.8. The highest BCUT2D eigenvalue weighted by atomic mass is 35.5. The molecule has 0 saturated heterocycles. The summed E-state index contributed by atoms with van der Waals surface area (Å²) in [6.07, 6.45) is 0. The molecule has 0 atom stereocenters. The van der Waals surface area contributed by atoms with E-state index in [1.165, 1.54) is 12.1 Å². The van der Waals surface area contributed by atoms with Crippen LogP contribution in [0.15, 0.2) is 30.3 Å². The maximum atomic E-state index is 12.3. The maximum absolute atomic E-state index is 12.3. The van der Waals surface area contributed by atoms with Crippen molar-refractivity contribution in [3.8, 4) is 0 Å². The molecule has 0 spiro atoms. The molecule has 0 fully saturated rings. The van der Waals surface area contributed by atoms with Crippen molar-refractivity contribution in [2.75, 3.05) is 11.9 Å². The molecular formula is C16H15Cl2N3O2. The lowest BCUT2D eigenvalue weighted by Crippen LogP contribution is -2.23. The first-order valence-electron chi connectivity index (χ1n) is 6.94. The molecule has 120 valence electrons. The lowest BCUT2D eigenvalue weighted by Gasteiger charge is -2.11. The number of aryl methyl sites for hydroxylation is 1. The molecule has 0 bridgehead atoms. The van der Waals surface area contributed by atoms with Crippen molar-refractivity contribution in [2.24, 2.45) is 0 Å². The molecule has 0 radical (unpaired) electrons. The van der Waals surface area contributed by atoms with Crippen LogP contribution in [0, 0.1) is 6.92 Å². The predicted octanol–water partition coefficient (Wildman–Crippen LogP) is 3.70. The Bertz CT molecular complexity index is 763. The normalized spacial score (nSPS) is 10.3. The smallest absolute Gasteiger partial charge is 0.275 e. The standard InChI is InChI=1S/C16H15Cl2N3O2/c1-3-19-15(22)10-5-4-9(2)12(8-10)20-16(23)14-11(17)6-7-13(18)21-14/h4-8H,3H2,1-2H3,(H,19,22)(H,20,23). The number of carbonyl (C=O) groups is 2. The van der Waals surface area contributed by atoms with E-state index in [9.17, 15) is 9.59 Å². The Kier molecular flexibility index (Phi) is 5.58. The van der Waals surface area contributed by atoms with E-state index < -0.39 is 5.91 Å². The van der Waals surface area contributed by atoms with E-state index in [1.807, 2.05) is 13.8 Å². The van der Waals surface area contributed by atoms with Crippen LogP contribution in [0.5, 0.6) is 0 Å². The number of nitrogens with one attached hydrogen (secondary N) is 2. The van der Waals surface area contributed by atoms with Gasteiger partial charge in [0.15, 0.2) is 0 Å². The van der Waals surface area contributed by atoms with Crippen LogP contribution in [-0.2, 0) is 0 Å². The highest BCUT2D eigenvalue weighted by Crippen LogP contribution is 2.21. The van der Waals surface area contributed by atoms with Crippen LogP contribution in [0.4, 0.5) is 5.69 Å². The number of amides is 2. The molecule has 1 heterocycles. The minimum atomic E-state index is -0.492. The summed E-state index contributed by atoms with van der Waals surface area (Å²) in [5.41, 5.74) is 1.81. The Balaban J connectivity index is 2.28. The monoisotopic (exact) mass is 351 g/mol. The summed E-state index contributed by atoms with van der Waals surface area (Å²) in [6.45, 7) is 4.18. The van der Waals surface area contributed by atoms with Gasteiger partial charge in [-0.15, -0.1) is 0 Å². The largest absolute Gasteiger partial charge is 0.352 e. The van der Waals surface area contributed by atoms with E-state index in [2.05, 4.69) is 15.6 Å². The first-order chi connectivity index (χ1) is 10.9. The van der Waals surface area contributed by atoms with Gasteiger partial charge in [-0.1, -0.05) is 29.3 Å². The molecule has 1 aromatic carbocycles. The molecule has 2 rings (SSSR count). The third kappa shape index (κ3) is 4.21. The zero-order chi connectivity index (χ0) is 17.0. The molecule has 0 unspecified atom stereocenters. The zero-order valence-electron chi connectivity index (χ0n) is 12.6. The van der Waals surface area contributed by atoms with Crippen LogP contribution in [0.1, 0.15) is 33.3 Å². The van der Waals surface area contributed by atoms with Gasteiger partial charge in [0.25, 0.3) is 11.8 Å². The van der Waals surface area contributed by atoms with E-state index in [-0.39, 0.29) is 21.8 Å². The average molecular weight is 352 g/mol. The van der Waals surface area contributed by atoms with E-state index in [0.29, 0.717) is 17.8 Å². The van der Waals surface area contributed by atoms with Crippen molar-refractivity contribution in [3.05, 3.63) is 57.3 Å². The van der Waals surface area contributed by atoms with Gasteiger partial charge < -0.3 is 10.6 Å². The summed E-state index contributed by atoms with van der Waals surface area (Å²) in [6, 6.07) is 8.07. The summed E-state index contributed by atoms with van der Waals surface area (Å²) in [7, 11) is 0. The number of anilines is 1.